The van der Waals surface area contributed by atoms with Crippen molar-refractivity contribution in [3.8, 4) is 0 Å². The number of rotatable bonds is 2. The second-order valence-electron chi connectivity index (χ2n) is 6.88. The van der Waals surface area contributed by atoms with Crippen LogP contribution in [0.5, 0.6) is 0 Å². The lowest BCUT2D eigenvalue weighted by atomic mass is 9.94. The summed E-state index contributed by atoms with van der Waals surface area (Å²) in [4.78, 5) is 17.3. The molecule has 0 aromatic heterocycles. The number of allylic oxidation sites excluding steroid dienone is 6. The third-order valence-electron chi connectivity index (χ3n) is 4.77. The Hall–Kier alpha value is -3.24. The van der Waals surface area contributed by atoms with E-state index in [0.717, 1.165) is 10.6 Å². The Morgan fingerprint density at radius 1 is 0.963 bits per heavy atom. The van der Waals surface area contributed by atoms with Gasteiger partial charge in [-0.1, -0.05) is 62.4 Å². The molecule has 1 heterocycles. The summed E-state index contributed by atoms with van der Waals surface area (Å²) in [6.45, 7) is 4.29. The summed E-state index contributed by atoms with van der Waals surface area (Å²) < 4.78 is 0. The Morgan fingerprint density at radius 2 is 1.67 bits per heavy atom. The quantitative estimate of drug-likeness (QED) is 0.763. The molecule has 0 radical (unpaired) electrons. The summed E-state index contributed by atoms with van der Waals surface area (Å²) >= 11 is 0. The molecule has 134 valence electrons. The van der Waals surface area contributed by atoms with Crippen molar-refractivity contribution < 1.29 is 10.0 Å². The molecule has 2 aromatic carbocycles. The number of benzene rings is 2. The van der Waals surface area contributed by atoms with Crippen LogP contribution in [0.25, 0.3) is 0 Å². The van der Waals surface area contributed by atoms with Gasteiger partial charge in [-0.25, -0.2) is 10.1 Å². The molecule has 0 unspecified atom stereocenters. The van der Waals surface area contributed by atoms with Crippen LogP contribution in [0.1, 0.15) is 30.9 Å². The maximum absolute atomic E-state index is 12.5. The van der Waals surface area contributed by atoms with Crippen molar-refractivity contribution in [3.05, 3.63) is 95.2 Å². The fourth-order valence-electron chi connectivity index (χ4n) is 3.26. The Bertz CT molecular complexity index is 1020. The predicted molar refractivity (Wildman–Crippen MR) is 108 cm³/mol. The number of anilines is 1. The van der Waals surface area contributed by atoms with Crippen molar-refractivity contribution in [2.75, 3.05) is 5.06 Å². The second-order valence-corrected chi connectivity index (χ2v) is 6.88. The van der Waals surface area contributed by atoms with E-state index in [0.29, 0.717) is 34.3 Å². The number of para-hydroxylation sites is 2. The summed E-state index contributed by atoms with van der Waals surface area (Å²) in [5, 5.41) is 12.0. The highest BCUT2D eigenvalue weighted by atomic mass is 16.5. The molecule has 1 aliphatic heterocycles. The number of hydroxylamine groups is 1. The van der Waals surface area contributed by atoms with Crippen LogP contribution in [0.2, 0.25) is 0 Å². The van der Waals surface area contributed by atoms with E-state index in [2.05, 4.69) is 26.0 Å². The average Bonchev–Trinajstić information content (AvgIpc) is 2.69. The summed E-state index contributed by atoms with van der Waals surface area (Å²) in [5.74, 6) is 0.269. The molecule has 27 heavy (non-hydrogen) atoms. The number of hydrogen-bond donors (Lipinski definition) is 1. The highest BCUT2D eigenvalue weighted by Gasteiger charge is 2.29. The normalized spacial score (nSPS) is 18.7. The van der Waals surface area contributed by atoms with E-state index in [1.54, 1.807) is 24.3 Å². The second kappa shape index (κ2) is 6.82. The molecule has 0 atom stereocenters. The summed E-state index contributed by atoms with van der Waals surface area (Å²) in [6.07, 6.45) is 6.69. The lowest BCUT2D eigenvalue weighted by molar-refractivity contribution is -0.111. The van der Waals surface area contributed by atoms with Crippen LogP contribution >= 0.6 is 0 Å². The Balaban J connectivity index is 1.93. The van der Waals surface area contributed by atoms with Crippen molar-refractivity contribution in [2.45, 2.75) is 19.8 Å². The lowest BCUT2D eigenvalue weighted by Crippen LogP contribution is -2.30. The number of aliphatic imine (C=N–C) groups is 1. The van der Waals surface area contributed by atoms with Crippen molar-refractivity contribution >= 4 is 22.9 Å². The van der Waals surface area contributed by atoms with Gasteiger partial charge in [0.15, 0.2) is 5.78 Å². The van der Waals surface area contributed by atoms with E-state index in [-0.39, 0.29) is 5.78 Å². The molecule has 1 N–H and O–H groups in total. The van der Waals surface area contributed by atoms with Gasteiger partial charge in [-0.3, -0.25) is 10.0 Å². The highest BCUT2D eigenvalue weighted by molar-refractivity contribution is 6.23. The van der Waals surface area contributed by atoms with Gasteiger partial charge in [0.25, 0.3) is 0 Å². The first kappa shape index (κ1) is 17.2. The third kappa shape index (κ3) is 3.04. The Morgan fingerprint density at radius 3 is 2.37 bits per heavy atom. The number of carbonyl (C=O) groups is 1. The molecule has 0 saturated heterocycles. The molecular formula is C23H20N2O2. The van der Waals surface area contributed by atoms with Gasteiger partial charge in [-0.05, 0) is 35.8 Å². The van der Waals surface area contributed by atoms with E-state index >= 15 is 0 Å². The Labute approximate surface area is 158 Å². The average molecular weight is 356 g/mol. The van der Waals surface area contributed by atoms with E-state index in [9.17, 15) is 10.0 Å². The van der Waals surface area contributed by atoms with Crippen LogP contribution in [0, 0.1) is 0 Å². The van der Waals surface area contributed by atoms with Gasteiger partial charge in [-0.2, -0.15) is 0 Å². The fourth-order valence-corrected chi connectivity index (χ4v) is 3.26. The SMILES string of the molecule is CC(C)c1ccc(C2=Nc3ccccc3N(O)C2=C2C=CC=CC2=O)cc1. The highest BCUT2D eigenvalue weighted by Crippen LogP contribution is 2.38. The maximum Gasteiger partial charge on any atom is 0.188 e. The number of ketones is 1. The molecule has 4 nitrogen and oxygen atoms in total. The minimum atomic E-state index is -0.155. The maximum atomic E-state index is 12.5. The first-order valence-corrected chi connectivity index (χ1v) is 8.97. The van der Waals surface area contributed by atoms with E-state index in [1.807, 2.05) is 30.3 Å². The molecule has 0 saturated carbocycles. The largest absolute Gasteiger partial charge is 0.289 e. The van der Waals surface area contributed by atoms with E-state index in [4.69, 9.17) is 4.99 Å². The summed E-state index contributed by atoms with van der Waals surface area (Å²) in [6, 6.07) is 15.4. The van der Waals surface area contributed by atoms with Crippen LogP contribution in [0.3, 0.4) is 0 Å². The molecule has 2 aliphatic rings. The Kier molecular flexibility index (Phi) is 4.34. The van der Waals surface area contributed by atoms with Gasteiger partial charge in [0.05, 0.1) is 22.7 Å². The zero-order valence-electron chi connectivity index (χ0n) is 15.3. The first-order valence-electron chi connectivity index (χ1n) is 8.97. The summed E-state index contributed by atoms with van der Waals surface area (Å²) in [7, 11) is 0. The lowest BCUT2D eigenvalue weighted by Gasteiger charge is -2.29. The molecule has 0 fully saturated rings. The van der Waals surface area contributed by atoms with Crippen LogP contribution in [0.4, 0.5) is 11.4 Å². The van der Waals surface area contributed by atoms with Gasteiger partial charge < -0.3 is 0 Å². The van der Waals surface area contributed by atoms with Crippen molar-refractivity contribution in [3.63, 3.8) is 0 Å². The van der Waals surface area contributed by atoms with Crippen molar-refractivity contribution in [1.82, 2.24) is 0 Å². The predicted octanol–water partition coefficient (Wildman–Crippen LogP) is 5.09. The van der Waals surface area contributed by atoms with Crippen LogP contribution < -0.4 is 5.06 Å². The van der Waals surface area contributed by atoms with Gasteiger partial charge in [0.1, 0.15) is 5.70 Å². The van der Waals surface area contributed by atoms with Gasteiger partial charge in [0, 0.05) is 5.56 Å². The summed E-state index contributed by atoms with van der Waals surface area (Å²) in [5.41, 5.74) is 4.69. The minimum Gasteiger partial charge on any atom is -0.289 e. The number of hydrogen-bond acceptors (Lipinski definition) is 4. The fraction of sp³-hybridized carbons (Fsp3) is 0.130. The van der Waals surface area contributed by atoms with Crippen molar-refractivity contribution in [2.24, 2.45) is 4.99 Å². The third-order valence-corrected chi connectivity index (χ3v) is 4.77. The molecule has 0 amide bonds. The number of carbonyl (C=O) groups excluding carboxylic acids is 1. The van der Waals surface area contributed by atoms with E-state index in [1.165, 1.54) is 11.6 Å². The molecular weight excluding hydrogens is 336 g/mol. The minimum absolute atomic E-state index is 0.155. The van der Waals surface area contributed by atoms with Gasteiger partial charge >= 0.3 is 0 Å². The standard InChI is InChI=1S/C23H20N2O2/c1-15(2)16-11-13-17(14-12-16)22-23(18-7-3-6-10-21(18)26)25(27)20-9-5-4-8-19(20)24-22/h3-15,27H,1-2H3. The monoisotopic (exact) mass is 356 g/mol. The van der Waals surface area contributed by atoms with Crippen LogP contribution in [-0.2, 0) is 4.79 Å². The molecule has 0 spiro atoms. The topological polar surface area (TPSA) is 52.9 Å². The molecule has 4 heteroatoms. The smallest absolute Gasteiger partial charge is 0.188 e. The number of fused-ring (bicyclic) bond motifs is 1. The van der Waals surface area contributed by atoms with Gasteiger partial charge in [0.2, 0.25) is 0 Å². The molecule has 4 rings (SSSR count). The molecule has 1 aliphatic carbocycles. The number of nitrogens with zero attached hydrogens (tertiary/aromatic N) is 2. The first-order chi connectivity index (χ1) is 13.1. The molecule has 0 bridgehead atoms. The van der Waals surface area contributed by atoms with Crippen LogP contribution in [0.15, 0.2) is 89.1 Å². The van der Waals surface area contributed by atoms with Gasteiger partial charge in [-0.15, -0.1) is 0 Å². The van der Waals surface area contributed by atoms with Crippen LogP contribution in [-0.4, -0.2) is 16.7 Å². The molecule has 2 aromatic rings. The van der Waals surface area contributed by atoms with Crippen molar-refractivity contribution in [1.29, 1.82) is 0 Å². The zero-order chi connectivity index (χ0) is 19.0. The zero-order valence-corrected chi connectivity index (χ0v) is 15.3. The van der Waals surface area contributed by atoms with E-state index < -0.39 is 0 Å².